The van der Waals surface area contributed by atoms with E-state index < -0.39 is 50.8 Å². The van der Waals surface area contributed by atoms with Crippen LogP contribution in [0.1, 0.15) is 21.6 Å². The van der Waals surface area contributed by atoms with E-state index >= 15 is 0 Å². The van der Waals surface area contributed by atoms with Gasteiger partial charge in [0.2, 0.25) is 10.0 Å². The minimum atomic E-state index is -4.97. The lowest BCUT2D eigenvalue weighted by Crippen LogP contribution is -2.16. The molecule has 1 aromatic carbocycles. The largest absolute Gasteiger partial charge is 0.433 e. The van der Waals surface area contributed by atoms with Crippen molar-refractivity contribution in [2.75, 3.05) is 5.32 Å². The molecule has 0 aliphatic carbocycles. The van der Waals surface area contributed by atoms with Gasteiger partial charge in [0.1, 0.15) is 14.1 Å². The van der Waals surface area contributed by atoms with Gasteiger partial charge in [0.15, 0.2) is 11.3 Å². The molecule has 1 amide bonds. The van der Waals surface area contributed by atoms with Crippen LogP contribution < -0.4 is 10.5 Å². The molecular weight excluding hydrogens is 560 g/mol. The Morgan fingerprint density at radius 2 is 1.69 bits per heavy atom. The zero-order valence-corrected chi connectivity index (χ0v) is 19.5. The van der Waals surface area contributed by atoms with Crippen LogP contribution in [0.15, 0.2) is 46.8 Å². The number of halogens is 7. The van der Waals surface area contributed by atoms with Crippen molar-refractivity contribution in [1.82, 2.24) is 14.6 Å². The summed E-state index contributed by atoms with van der Waals surface area (Å²) in [4.78, 5) is 16.8. The number of rotatable bonds is 4. The number of nitrogens with one attached hydrogen (secondary N) is 1. The average molecular weight is 570 g/mol. The lowest BCUT2D eigenvalue weighted by Gasteiger charge is -2.12. The van der Waals surface area contributed by atoms with Crippen molar-refractivity contribution in [3.63, 3.8) is 0 Å². The van der Waals surface area contributed by atoms with Crippen LogP contribution in [0, 0.1) is 0 Å². The van der Waals surface area contributed by atoms with Crippen LogP contribution in [-0.4, -0.2) is 28.9 Å². The predicted molar refractivity (Wildman–Crippen MR) is 117 cm³/mol. The number of carbonyl (C=O) groups excluding carboxylic acids is 1. The third kappa shape index (κ3) is 5.02. The van der Waals surface area contributed by atoms with E-state index in [4.69, 9.17) is 16.7 Å². The molecule has 0 radical (unpaired) electrons. The molecule has 0 saturated carbocycles. The van der Waals surface area contributed by atoms with E-state index in [-0.39, 0.29) is 25.5 Å². The SMILES string of the molecule is NS(=O)(=O)c1cc(NC(=O)c2cnn3c(C(F)(F)F)cc(-c4ccc(C(F)(F)F)cc4)nc23)c(Cl)s1. The van der Waals surface area contributed by atoms with Crippen LogP contribution in [0.25, 0.3) is 16.9 Å². The number of alkyl halides is 6. The maximum absolute atomic E-state index is 13.7. The Bertz CT molecular complexity index is 1590. The molecule has 0 atom stereocenters. The third-order valence-corrected chi connectivity index (χ3v) is 7.49. The molecule has 3 N–H and O–H groups in total. The van der Waals surface area contributed by atoms with E-state index in [1.54, 1.807) is 0 Å². The maximum Gasteiger partial charge on any atom is 0.433 e. The number of amides is 1. The van der Waals surface area contributed by atoms with Gasteiger partial charge >= 0.3 is 12.4 Å². The average Bonchev–Trinajstić information content (AvgIpc) is 3.35. The predicted octanol–water partition coefficient (Wildman–Crippen LogP) is 5.05. The second kappa shape index (κ2) is 8.72. The zero-order chi connectivity index (χ0) is 26.6. The summed E-state index contributed by atoms with van der Waals surface area (Å²) in [7, 11) is -4.14. The molecule has 0 spiro atoms. The molecule has 0 bridgehead atoms. The Labute approximate surface area is 206 Å². The van der Waals surface area contributed by atoms with Gasteiger partial charge < -0.3 is 5.32 Å². The summed E-state index contributed by atoms with van der Waals surface area (Å²) in [6.45, 7) is 0. The number of carbonyl (C=O) groups is 1. The highest BCUT2D eigenvalue weighted by atomic mass is 35.5. The number of aromatic nitrogens is 3. The molecule has 3 aromatic heterocycles. The van der Waals surface area contributed by atoms with Crippen LogP contribution in [0.5, 0.6) is 0 Å². The van der Waals surface area contributed by atoms with Crippen LogP contribution in [0.3, 0.4) is 0 Å². The van der Waals surface area contributed by atoms with Crippen molar-refractivity contribution in [2.24, 2.45) is 5.14 Å². The van der Waals surface area contributed by atoms with Gasteiger partial charge in [-0.15, -0.1) is 11.3 Å². The number of sulfonamides is 1. The number of fused-ring (bicyclic) bond motifs is 1. The van der Waals surface area contributed by atoms with E-state index in [0.717, 1.165) is 24.4 Å². The van der Waals surface area contributed by atoms with E-state index in [2.05, 4.69) is 15.4 Å². The Kier molecular flexibility index (Phi) is 6.27. The Morgan fingerprint density at radius 1 is 1.06 bits per heavy atom. The highest BCUT2D eigenvalue weighted by Gasteiger charge is 2.36. The van der Waals surface area contributed by atoms with Gasteiger partial charge in [0, 0.05) is 5.56 Å². The van der Waals surface area contributed by atoms with Crippen LogP contribution in [0.2, 0.25) is 4.34 Å². The van der Waals surface area contributed by atoms with Gasteiger partial charge in [-0.2, -0.15) is 31.4 Å². The molecule has 8 nitrogen and oxygen atoms in total. The van der Waals surface area contributed by atoms with Crippen LogP contribution >= 0.6 is 22.9 Å². The Hall–Kier alpha value is -3.21. The van der Waals surface area contributed by atoms with Gasteiger partial charge in [-0.25, -0.2) is 23.1 Å². The molecular formula is C19H10ClF6N5O3S2. The molecule has 4 aromatic rings. The minimum Gasteiger partial charge on any atom is -0.320 e. The van der Waals surface area contributed by atoms with Gasteiger partial charge in [-0.1, -0.05) is 23.7 Å². The van der Waals surface area contributed by atoms with Crippen molar-refractivity contribution in [2.45, 2.75) is 16.6 Å². The lowest BCUT2D eigenvalue weighted by atomic mass is 10.1. The first kappa shape index (κ1) is 25.9. The Balaban J connectivity index is 1.80. The summed E-state index contributed by atoms with van der Waals surface area (Å²) in [6, 6.07) is 4.79. The first-order valence-corrected chi connectivity index (χ1v) is 12.1. The fourth-order valence-corrected chi connectivity index (χ4v) is 5.12. The minimum absolute atomic E-state index is 0.0813. The molecule has 0 fully saturated rings. The second-order valence-electron chi connectivity index (χ2n) is 7.15. The van der Waals surface area contributed by atoms with Gasteiger partial charge in [-0.3, -0.25) is 4.79 Å². The summed E-state index contributed by atoms with van der Waals surface area (Å²) in [5, 5.41) is 10.9. The molecule has 3 heterocycles. The van der Waals surface area contributed by atoms with E-state index in [9.17, 15) is 39.6 Å². The van der Waals surface area contributed by atoms with Crippen molar-refractivity contribution in [1.29, 1.82) is 0 Å². The van der Waals surface area contributed by atoms with Crippen LogP contribution in [0.4, 0.5) is 32.0 Å². The van der Waals surface area contributed by atoms with Gasteiger partial charge in [0.25, 0.3) is 5.91 Å². The molecule has 0 unspecified atom stereocenters. The number of hydrogen-bond acceptors (Lipinski definition) is 6. The second-order valence-corrected chi connectivity index (χ2v) is 10.6. The molecule has 17 heteroatoms. The van der Waals surface area contributed by atoms with Crippen molar-refractivity contribution in [3.8, 4) is 11.3 Å². The normalized spacial score (nSPS) is 12.8. The van der Waals surface area contributed by atoms with E-state index in [0.29, 0.717) is 34.1 Å². The molecule has 4 rings (SSSR count). The fourth-order valence-electron chi connectivity index (χ4n) is 3.07. The number of benzene rings is 1. The topological polar surface area (TPSA) is 119 Å². The van der Waals surface area contributed by atoms with Crippen molar-refractivity contribution >= 4 is 50.2 Å². The maximum atomic E-state index is 13.7. The lowest BCUT2D eigenvalue weighted by molar-refractivity contribution is -0.142. The summed E-state index contributed by atoms with van der Waals surface area (Å²) in [6.07, 6.45) is -8.83. The van der Waals surface area contributed by atoms with Crippen molar-refractivity contribution in [3.05, 3.63) is 63.8 Å². The molecule has 0 aliphatic rings. The number of hydrogen-bond donors (Lipinski definition) is 2. The fraction of sp³-hybridized carbons (Fsp3) is 0.105. The van der Waals surface area contributed by atoms with Crippen molar-refractivity contribution < 1.29 is 39.6 Å². The van der Waals surface area contributed by atoms with Gasteiger partial charge in [-0.05, 0) is 24.3 Å². The first-order valence-electron chi connectivity index (χ1n) is 9.33. The quantitative estimate of drug-likeness (QED) is 0.333. The van der Waals surface area contributed by atoms with E-state index in [1.165, 1.54) is 0 Å². The number of nitrogens with zero attached hydrogens (tertiary/aromatic N) is 3. The summed E-state index contributed by atoms with van der Waals surface area (Å²) >= 11 is 6.47. The van der Waals surface area contributed by atoms with E-state index in [1.807, 2.05) is 0 Å². The zero-order valence-electron chi connectivity index (χ0n) is 17.1. The third-order valence-electron chi connectivity index (χ3n) is 4.71. The standard InChI is InChI=1S/C19H10ClF6N5O3S2/c20-15-12(6-14(35-15)36(27,33)34)30-17(32)10-7-28-31-13(19(24,25)26)5-11(29-16(10)31)8-1-3-9(4-2-8)18(21,22)23/h1-7H,(H,30,32)(H2,27,33,34). The highest BCUT2D eigenvalue weighted by molar-refractivity contribution is 7.91. The Morgan fingerprint density at radius 3 is 2.22 bits per heavy atom. The monoisotopic (exact) mass is 569 g/mol. The summed E-state index contributed by atoms with van der Waals surface area (Å²) in [5.74, 6) is -1.03. The number of nitrogens with two attached hydrogens (primary N) is 1. The van der Waals surface area contributed by atoms with Crippen LogP contribution in [-0.2, 0) is 22.4 Å². The number of anilines is 1. The number of thiophene rings is 1. The van der Waals surface area contributed by atoms with Gasteiger partial charge in [0.05, 0.1) is 23.1 Å². The molecule has 190 valence electrons. The molecule has 36 heavy (non-hydrogen) atoms. The summed E-state index contributed by atoms with van der Waals surface area (Å²) < 4.78 is 103. The smallest absolute Gasteiger partial charge is 0.320 e. The molecule has 0 aliphatic heterocycles. The first-order chi connectivity index (χ1) is 16.6. The highest BCUT2D eigenvalue weighted by Crippen LogP contribution is 2.36. The summed E-state index contributed by atoms with van der Waals surface area (Å²) in [5.41, 5.74) is -4.00. The number of primary sulfonamides is 1. The molecule has 0 saturated heterocycles.